The van der Waals surface area contributed by atoms with Crippen molar-refractivity contribution in [2.45, 2.75) is 96.8 Å². The summed E-state index contributed by atoms with van der Waals surface area (Å²) in [5, 5.41) is 19.3. The van der Waals surface area contributed by atoms with Crippen LogP contribution >= 0.6 is 0 Å². The van der Waals surface area contributed by atoms with Gasteiger partial charge in [-0.05, 0) is 18.9 Å². The van der Waals surface area contributed by atoms with E-state index in [4.69, 9.17) is 9.90 Å². The van der Waals surface area contributed by atoms with Gasteiger partial charge in [-0.3, -0.25) is 0 Å². The summed E-state index contributed by atoms with van der Waals surface area (Å²) in [6.45, 7) is 5.16. The van der Waals surface area contributed by atoms with Crippen molar-refractivity contribution >= 4 is 11.9 Å². The summed E-state index contributed by atoms with van der Waals surface area (Å²) < 4.78 is 0. The number of unbranched alkanes of at least 4 members (excludes halogenated alkanes) is 12. The van der Waals surface area contributed by atoms with Crippen LogP contribution in [0.15, 0.2) is 12.7 Å². The average Bonchev–Trinajstić information content (AvgIpc) is 2.52. The van der Waals surface area contributed by atoms with Crippen LogP contribution in [0.5, 0.6) is 0 Å². The van der Waals surface area contributed by atoms with Crippen molar-refractivity contribution in [2.24, 2.45) is 0 Å². The number of rotatable bonds is 15. The molecule has 0 spiro atoms. The van der Waals surface area contributed by atoms with Crippen molar-refractivity contribution in [1.82, 2.24) is 0 Å². The summed E-state index contributed by atoms with van der Waals surface area (Å²) in [5.74, 6) is -2.14. The van der Waals surface area contributed by atoms with E-state index in [1.54, 1.807) is 0 Å². The summed E-state index contributed by atoms with van der Waals surface area (Å²) in [4.78, 5) is 19.3. The molecule has 0 bridgehead atoms. The molecule has 0 radical (unpaired) electrons. The van der Waals surface area contributed by atoms with Gasteiger partial charge in [-0.15, -0.1) is 0 Å². The van der Waals surface area contributed by atoms with E-state index in [-0.39, 0.29) is 25.9 Å². The third-order valence-corrected chi connectivity index (χ3v) is 3.65. The molecule has 0 amide bonds. The standard InChI is InChI=1S/C16H32O2.C3H4O2.Zn/c1-2-3-4-5-6-7-8-9-10-11-12-13-14-15-16(17)18;1-2-3(4)5;/h2-15H2,1H3,(H,17,18);2H,1H2,(H,4,5);/q;;+2/p-2. The van der Waals surface area contributed by atoms with E-state index in [0.717, 1.165) is 18.9 Å². The van der Waals surface area contributed by atoms with Crippen molar-refractivity contribution in [3.05, 3.63) is 12.7 Å². The van der Waals surface area contributed by atoms with E-state index in [1.807, 2.05) is 0 Å². The Hall–Kier alpha value is -0.697. The van der Waals surface area contributed by atoms with Gasteiger partial charge in [0.25, 0.3) is 0 Å². The van der Waals surface area contributed by atoms with Crippen LogP contribution < -0.4 is 10.2 Å². The Morgan fingerprint density at radius 3 is 1.29 bits per heavy atom. The van der Waals surface area contributed by atoms with E-state index < -0.39 is 11.9 Å². The van der Waals surface area contributed by atoms with Crippen LogP contribution in [0.4, 0.5) is 0 Å². The summed E-state index contributed by atoms with van der Waals surface area (Å²) >= 11 is 0. The number of aliphatic carboxylic acids is 2. The number of carbonyl (C=O) groups excluding carboxylic acids is 2. The Morgan fingerprint density at radius 1 is 0.750 bits per heavy atom. The molecule has 0 heterocycles. The van der Waals surface area contributed by atoms with Crippen LogP contribution in [0.2, 0.25) is 0 Å². The molecule has 0 aromatic rings. The third-order valence-electron chi connectivity index (χ3n) is 3.65. The van der Waals surface area contributed by atoms with Crippen molar-refractivity contribution in [1.29, 1.82) is 0 Å². The van der Waals surface area contributed by atoms with Gasteiger partial charge in [0.15, 0.2) is 0 Å². The van der Waals surface area contributed by atoms with Crippen molar-refractivity contribution in [2.75, 3.05) is 0 Å². The smallest absolute Gasteiger partial charge is 0.550 e. The molecule has 4 nitrogen and oxygen atoms in total. The topological polar surface area (TPSA) is 80.3 Å². The molecular formula is C19H34O4Zn. The molecule has 136 valence electrons. The molecule has 0 atom stereocenters. The maximum Gasteiger partial charge on any atom is 2.00 e. The fourth-order valence-corrected chi connectivity index (χ4v) is 2.29. The number of carbonyl (C=O) groups is 2. The molecule has 0 aromatic carbocycles. The van der Waals surface area contributed by atoms with Gasteiger partial charge >= 0.3 is 19.5 Å². The first kappa shape index (κ1) is 28.1. The van der Waals surface area contributed by atoms with E-state index in [2.05, 4.69) is 13.5 Å². The summed E-state index contributed by atoms with van der Waals surface area (Å²) in [7, 11) is 0. The van der Waals surface area contributed by atoms with Gasteiger partial charge in [-0.1, -0.05) is 90.6 Å². The molecule has 5 heteroatoms. The molecule has 0 saturated carbocycles. The van der Waals surface area contributed by atoms with E-state index >= 15 is 0 Å². The van der Waals surface area contributed by atoms with Crippen LogP contribution in [0.3, 0.4) is 0 Å². The zero-order valence-electron chi connectivity index (χ0n) is 15.5. The third kappa shape index (κ3) is 33.0. The van der Waals surface area contributed by atoms with Crippen molar-refractivity contribution in [3.8, 4) is 0 Å². The quantitative estimate of drug-likeness (QED) is 0.244. The Balaban J connectivity index is -0.000000639. The minimum atomic E-state index is -1.23. The van der Waals surface area contributed by atoms with Crippen LogP contribution in [0, 0.1) is 0 Å². The SMILES string of the molecule is C=CC(=O)[O-].CCCCCCCCCCCCCCCC(=O)[O-].[Zn+2]. The maximum absolute atomic E-state index is 10.2. The van der Waals surface area contributed by atoms with Gasteiger partial charge in [0.05, 0.1) is 5.97 Å². The molecule has 0 aliphatic rings. The fourth-order valence-electron chi connectivity index (χ4n) is 2.29. The molecule has 0 aliphatic heterocycles. The van der Waals surface area contributed by atoms with Gasteiger partial charge < -0.3 is 19.8 Å². The summed E-state index contributed by atoms with van der Waals surface area (Å²) in [6, 6.07) is 0. The monoisotopic (exact) mass is 390 g/mol. The number of carboxylic acids is 2. The van der Waals surface area contributed by atoms with Crippen LogP contribution in [0.25, 0.3) is 0 Å². The number of carboxylic acid groups (broad SMARTS) is 2. The average molecular weight is 392 g/mol. The summed E-state index contributed by atoms with van der Waals surface area (Å²) in [5.41, 5.74) is 0. The molecule has 0 N–H and O–H groups in total. The second-order valence-corrected chi connectivity index (χ2v) is 5.89. The van der Waals surface area contributed by atoms with E-state index in [9.17, 15) is 9.90 Å². The van der Waals surface area contributed by atoms with Gasteiger partial charge in [0, 0.05) is 5.97 Å². The molecule has 0 fully saturated rings. The number of hydrogen-bond acceptors (Lipinski definition) is 4. The molecule has 0 aromatic heterocycles. The first-order chi connectivity index (χ1) is 11.0. The number of hydrogen-bond donors (Lipinski definition) is 0. The van der Waals surface area contributed by atoms with Crippen molar-refractivity contribution < 1.29 is 39.3 Å². The Morgan fingerprint density at radius 2 is 1.04 bits per heavy atom. The van der Waals surface area contributed by atoms with Gasteiger partial charge in [0.2, 0.25) is 0 Å². The second kappa shape index (κ2) is 24.6. The Bertz CT molecular complexity index is 293. The van der Waals surface area contributed by atoms with Gasteiger partial charge in [0.1, 0.15) is 0 Å². The largest absolute Gasteiger partial charge is 2.00 e. The normalized spacial score (nSPS) is 9.38. The molecule has 0 saturated heterocycles. The minimum Gasteiger partial charge on any atom is -0.550 e. The van der Waals surface area contributed by atoms with Gasteiger partial charge in [-0.2, -0.15) is 0 Å². The Kier molecular flexibility index (Phi) is 28.8. The van der Waals surface area contributed by atoms with Crippen molar-refractivity contribution in [3.63, 3.8) is 0 Å². The summed E-state index contributed by atoms with van der Waals surface area (Å²) in [6.07, 6.45) is 17.7. The molecule has 0 rings (SSSR count). The predicted octanol–water partition coefficient (Wildman–Crippen LogP) is 3.14. The maximum atomic E-state index is 10.2. The van der Waals surface area contributed by atoms with E-state index in [0.29, 0.717) is 0 Å². The predicted molar refractivity (Wildman–Crippen MR) is 90.5 cm³/mol. The first-order valence-corrected chi connectivity index (χ1v) is 9.07. The fraction of sp³-hybridized carbons (Fsp3) is 0.789. The zero-order valence-corrected chi connectivity index (χ0v) is 18.5. The Labute approximate surface area is 160 Å². The molecular weight excluding hydrogens is 358 g/mol. The zero-order chi connectivity index (χ0) is 17.8. The minimum absolute atomic E-state index is 0. The molecule has 0 unspecified atom stereocenters. The second-order valence-electron chi connectivity index (χ2n) is 5.89. The van der Waals surface area contributed by atoms with Crippen LogP contribution in [0.1, 0.15) is 96.8 Å². The van der Waals surface area contributed by atoms with Gasteiger partial charge in [-0.25, -0.2) is 0 Å². The van der Waals surface area contributed by atoms with Crippen LogP contribution in [-0.4, -0.2) is 11.9 Å². The molecule has 24 heavy (non-hydrogen) atoms. The first-order valence-electron chi connectivity index (χ1n) is 9.07. The molecule has 0 aliphatic carbocycles. The van der Waals surface area contributed by atoms with Crippen LogP contribution in [-0.2, 0) is 29.1 Å². The van der Waals surface area contributed by atoms with E-state index in [1.165, 1.54) is 70.6 Å².